The second kappa shape index (κ2) is 8.51. The molecule has 0 atom stereocenters. The van der Waals surface area contributed by atoms with Crippen LogP contribution in [0.2, 0.25) is 51.4 Å². The zero-order chi connectivity index (χ0) is 14.2. The van der Waals surface area contributed by atoms with Crippen LogP contribution in [-0.4, -0.2) is 52.4 Å². The number of rotatable bonds is 10. The van der Waals surface area contributed by atoms with Gasteiger partial charge in [0.15, 0.2) is 0 Å². The third kappa shape index (κ3) is 12.8. The first kappa shape index (κ1) is 18.4. The molecule has 0 aromatic rings. The Kier molecular flexibility index (Phi) is 8.68. The van der Waals surface area contributed by atoms with Crippen molar-refractivity contribution in [3.05, 3.63) is 0 Å². The number of hydrogen-bond acceptors (Lipinski definition) is 2. The van der Waals surface area contributed by atoms with Gasteiger partial charge < -0.3 is 10.0 Å². The summed E-state index contributed by atoms with van der Waals surface area (Å²) in [4.78, 5) is 2.46. The van der Waals surface area contributed by atoms with Crippen molar-refractivity contribution in [2.45, 2.75) is 64.2 Å². The van der Waals surface area contributed by atoms with Gasteiger partial charge in [-0.2, -0.15) is 0 Å². The smallest absolute Gasteiger partial charge is 0.0558 e. The Balaban J connectivity index is 3.85. The maximum Gasteiger partial charge on any atom is 0.0558 e. The van der Waals surface area contributed by atoms with Crippen LogP contribution in [0.25, 0.3) is 0 Å². The SMILES string of the molecule is C[Si](C)(C)CCCN(CCO)CCC[Si](C)(C)C. The molecule has 0 saturated heterocycles. The topological polar surface area (TPSA) is 23.5 Å². The molecule has 0 amide bonds. The van der Waals surface area contributed by atoms with Crippen molar-refractivity contribution in [1.82, 2.24) is 4.90 Å². The van der Waals surface area contributed by atoms with Gasteiger partial charge in [0.1, 0.15) is 0 Å². The molecular weight excluding hydrogens is 254 g/mol. The molecular formula is C14H35NOSi2. The summed E-state index contributed by atoms with van der Waals surface area (Å²) in [5.74, 6) is 0. The van der Waals surface area contributed by atoms with Crippen LogP contribution in [0.4, 0.5) is 0 Å². The fourth-order valence-corrected chi connectivity index (χ4v) is 4.58. The molecule has 0 heterocycles. The van der Waals surface area contributed by atoms with Crippen molar-refractivity contribution >= 4 is 16.1 Å². The Morgan fingerprint density at radius 2 is 1.11 bits per heavy atom. The van der Waals surface area contributed by atoms with Gasteiger partial charge in [0, 0.05) is 22.7 Å². The fraction of sp³-hybridized carbons (Fsp3) is 1.00. The van der Waals surface area contributed by atoms with Gasteiger partial charge in [-0.1, -0.05) is 51.4 Å². The van der Waals surface area contributed by atoms with Gasteiger partial charge in [0.25, 0.3) is 0 Å². The Morgan fingerprint density at radius 1 is 0.722 bits per heavy atom. The van der Waals surface area contributed by atoms with Crippen LogP contribution < -0.4 is 0 Å². The molecule has 0 aliphatic rings. The van der Waals surface area contributed by atoms with E-state index in [4.69, 9.17) is 5.11 Å². The third-order valence-electron chi connectivity index (χ3n) is 3.22. The van der Waals surface area contributed by atoms with E-state index in [0.717, 1.165) is 6.54 Å². The minimum Gasteiger partial charge on any atom is -0.395 e. The van der Waals surface area contributed by atoms with E-state index in [0.29, 0.717) is 6.61 Å². The molecule has 110 valence electrons. The largest absolute Gasteiger partial charge is 0.395 e. The normalized spacial score (nSPS) is 13.3. The molecule has 0 unspecified atom stereocenters. The lowest BCUT2D eigenvalue weighted by Crippen LogP contribution is -2.32. The van der Waals surface area contributed by atoms with Gasteiger partial charge >= 0.3 is 0 Å². The summed E-state index contributed by atoms with van der Waals surface area (Å²) in [7, 11) is -1.78. The number of aliphatic hydroxyl groups excluding tert-OH is 1. The maximum absolute atomic E-state index is 9.13. The highest BCUT2D eigenvalue weighted by molar-refractivity contribution is 6.76. The standard InChI is InChI=1S/C14H35NOSi2/c1-17(2,3)13-7-9-15(11-12-16)10-8-14-18(4,5)6/h16H,7-14H2,1-6H3. The maximum atomic E-state index is 9.13. The van der Waals surface area contributed by atoms with E-state index < -0.39 is 16.1 Å². The molecule has 0 fully saturated rings. The lowest BCUT2D eigenvalue weighted by Gasteiger charge is -2.25. The molecule has 0 aromatic heterocycles. The van der Waals surface area contributed by atoms with Crippen molar-refractivity contribution in [2.75, 3.05) is 26.2 Å². The predicted molar refractivity (Wildman–Crippen MR) is 89.1 cm³/mol. The molecule has 2 nitrogen and oxygen atoms in total. The van der Waals surface area contributed by atoms with Crippen LogP contribution in [0.15, 0.2) is 0 Å². The monoisotopic (exact) mass is 289 g/mol. The first-order chi connectivity index (χ1) is 8.14. The summed E-state index contributed by atoms with van der Waals surface area (Å²) in [6.45, 7) is 18.2. The Hall–Kier alpha value is 0.354. The zero-order valence-corrected chi connectivity index (χ0v) is 15.6. The Labute approximate surface area is 117 Å². The Bertz CT molecular complexity index is 189. The average molecular weight is 290 g/mol. The first-order valence-corrected chi connectivity index (χ1v) is 14.9. The zero-order valence-electron chi connectivity index (χ0n) is 13.6. The summed E-state index contributed by atoms with van der Waals surface area (Å²) < 4.78 is 0. The van der Waals surface area contributed by atoms with E-state index in [-0.39, 0.29) is 0 Å². The van der Waals surface area contributed by atoms with Gasteiger partial charge in [-0.05, 0) is 25.9 Å². The molecule has 0 bridgehead atoms. The minimum atomic E-state index is -0.890. The van der Waals surface area contributed by atoms with E-state index in [1.165, 1.54) is 38.0 Å². The van der Waals surface area contributed by atoms with Crippen LogP contribution in [0, 0.1) is 0 Å². The first-order valence-electron chi connectivity index (χ1n) is 7.47. The van der Waals surface area contributed by atoms with Crippen LogP contribution in [0.3, 0.4) is 0 Å². The lowest BCUT2D eigenvalue weighted by molar-refractivity contribution is 0.196. The second-order valence-electron chi connectivity index (χ2n) is 7.89. The van der Waals surface area contributed by atoms with Gasteiger partial charge in [-0.3, -0.25) is 0 Å². The highest BCUT2D eigenvalue weighted by Gasteiger charge is 2.15. The summed E-state index contributed by atoms with van der Waals surface area (Å²) in [5.41, 5.74) is 0. The minimum absolute atomic E-state index is 0.305. The van der Waals surface area contributed by atoms with Gasteiger partial charge in [-0.15, -0.1) is 0 Å². The summed E-state index contributed by atoms with van der Waals surface area (Å²) >= 11 is 0. The van der Waals surface area contributed by atoms with Crippen molar-refractivity contribution < 1.29 is 5.11 Å². The van der Waals surface area contributed by atoms with E-state index in [9.17, 15) is 0 Å². The molecule has 0 radical (unpaired) electrons. The van der Waals surface area contributed by atoms with Gasteiger partial charge in [-0.25, -0.2) is 0 Å². The van der Waals surface area contributed by atoms with Crippen molar-refractivity contribution in [1.29, 1.82) is 0 Å². The molecule has 0 rings (SSSR count). The van der Waals surface area contributed by atoms with Crippen LogP contribution in [-0.2, 0) is 0 Å². The molecule has 0 spiro atoms. The average Bonchev–Trinajstić information content (AvgIpc) is 2.13. The van der Waals surface area contributed by atoms with Crippen LogP contribution in [0.1, 0.15) is 12.8 Å². The molecule has 4 heteroatoms. The van der Waals surface area contributed by atoms with E-state index >= 15 is 0 Å². The number of aliphatic hydroxyl groups is 1. The summed E-state index contributed by atoms with van der Waals surface area (Å²) in [5, 5.41) is 9.13. The molecule has 0 aliphatic heterocycles. The Morgan fingerprint density at radius 3 is 1.39 bits per heavy atom. The molecule has 0 aliphatic carbocycles. The van der Waals surface area contributed by atoms with Crippen LogP contribution in [0.5, 0.6) is 0 Å². The van der Waals surface area contributed by atoms with E-state index in [1.54, 1.807) is 0 Å². The van der Waals surface area contributed by atoms with Crippen molar-refractivity contribution in [2.24, 2.45) is 0 Å². The number of nitrogens with zero attached hydrogens (tertiary/aromatic N) is 1. The molecule has 18 heavy (non-hydrogen) atoms. The highest BCUT2D eigenvalue weighted by Crippen LogP contribution is 2.14. The van der Waals surface area contributed by atoms with Gasteiger partial charge in [0.2, 0.25) is 0 Å². The quantitative estimate of drug-likeness (QED) is 0.619. The fourth-order valence-electron chi connectivity index (χ4n) is 2.14. The summed E-state index contributed by atoms with van der Waals surface area (Å²) in [6, 6.07) is 2.81. The van der Waals surface area contributed by atoms with E-state index in [2.05, 4.69) is 44.2 Å². The summed E-state index contributed by atoms with van der Waals surface area (Å²) in [6.07, 6.45) is 2.62. The van der Waals surface area contributed by atoms with Crippen molar-refractivity contribution in [3.8, 4) is 0 Å². The van der Waals surface area contributed by atoms with Crippen molar-refractivity contribution in [3.63, 3.8) is 0 Å². The number of hydrogen-bond donors (Lipinski definition) is 1. The molecule has 0 aromatic carbocycles. The lowest BCUT2D eigenvalue weighted by atomic mass is 10.3. The van der Waals surface area contributed by atoms with Crippen LogP contribution >= 0.6 is 0 Å². The van der Waals surface area contributed by atoms with Gasteiger partial charge in [0.05, 0.1) is 6.61 Å². The molecule has 1 N–H and O–H groups in total. The second-order valence-corrected chi connectivity index (χ2v) is 19.1. The molecule has 0 saturated carbocycles. The highest BCUT2D eigenvalue weighted by atomic mass is 28.3. The third-order valence-corrected chi connectivity index (χ3v) is 6.93. The predicted octanol–water partition coefficient (Wildman–Crippen LogP) is 3.74. The van der Waals surface area contributed by atoms with E-state index in [1.807, 2.05) is 0 Å².